The predicted octanol–water partition coefficient (Wildman–Crippen LogP) is 4.09. The van der Waals surface area contributed by atoms with Gasteiger partial charge in [0.1, 0.15) is 54.4 Å². The van der Waals surface area contributed by atoms with Crippen LogP contribution >= 0.6 is 0 Å². The summed E-state index contributed by atoms with van der Waals surface area (Å²) in [5.74, 6) is -8.68. The number of rotatable bonds is 36. The average molecular weight is 1250 g/mol. The van der Waals surface area contributed by atoms with Gasteiger partial charge in [0.15, 0.2) is 0 Å². The van der Waals surface area contributed by atoms with Crippen LogP contribution in [-0.2, 0) is 59.2 Å². The number of amides is 11. The third-order valence-electron chi connectivity index (χ3n) is 16.9. The first-order valence-corrected chi connectivity index (χ1v) is 31.6. The van der Waals surface area contributed by atoms with Gasteiger partial charge < -0.3 is 61.1 Å². The lowest BCUT2D eigenvalue weighted by molar-refractivity contribution is -0.157. The highest BCUT2D eigenvalue weighted by molar-refractivity contribution is 5.99. The number of likely N-dealkylation sites (N-methyl/N-ethyl adjacent to an activating group) is 7. The van der Waals surface area contributed by atoms with Crippen molar-refractivity contribution in [3.05, 3.63) is 48.0 Å². The summed E-state index contributed by atoms with van der Waals surface area (Å²) in [4.78, 5) is 164. The summed E-state index contributed by atoms with van der Waals surface area (Å²) in [6, 6.07) is -1.60. The van der Waals surface area contributed by atoms with E-state index >= 15 is 14.4 Å². The van der Waals surface area contributed by atoms with E-state index in [1.54, 1.807) is 91.9 Å². The van der Waals surface area contributed by atoms with E-state index < -0.39 is 138 Å². The van der Waals surface area contributed by atoms with Gasteiger partial charge >= 0.3 is 0 Å². The van der Waals surface area contributed by atoms with Gasteiger partial charge in [-0.1, -0.05) is 132 Å². The molecule has 1 rings (SSSR count). The summed E-state index contributed by atoms with van der Waals surface area (Å²) >= 11 is 0. The lowest BCUT2D eigenvalue weighted by Crippen LogP contribution is -2.63. The molecule has 23 heteroatoms. The largest absolute Gasteiger partial charge is 0.390 e. The maximum Gasteiger partial charge on any atom is 0.246 e. The topological polar surface area (TPSA) is 293 Å². The van der Waals surface area contributed by atoms with E-state index in [4.69, 9.17) is 5.73 Å². The lowest BCUT2D eigenvalue weighted by Gasteiger charge is -2.41. The van der Waals surface area contributed by atoms with E-state index in [0.29, 0.717) is 6.42 Å². The molecule has 0 bridgehead atoms. The molecule has 11 amide bonds. The van der Waals surface area contributed by atoms with Gasteiger partial charge in [-0.15, -0.1) is 0 Å². The molecular formula is C66H113N11O12. The first-order chi connectivity index (χ1) is 41.2. The zero-order valence-corrected chi connectivity index (χ0v) is 58.0. The fraction of sp³-hybridized carbons (Fsp3) is 0.712. The summed E-state index contributed by atoms with van der Waals surface area (Å²) < 4.78 is 0. The number of benzene rings is 1. The molecule has 89 heavy (non-hydrogen) atoms. The molecule has 0 fully saturated rings. The van der Waals surface area contributed by atoms with Crippen molar-refractivity contribution in [2.75, 3.05) is 55.9 Å². The van der Waals surface area contributed by atoms with E-state index in [9.17, 15) is 43.5 Å². The fourth-order valence-electron chi connectivity index (χ4n) is 10.6. The minimum absolute atomic E-state index is 0.0384. The monoisotopic (exact) mass is 1250 g/mol. The van der Waals surface area contributed by atoms with Crippen molar-refractivity contribution in [1.82, 2.24) is 50.2 Å². The second-order valence-corrected chi connectivity index (χ2v) is 26.3. The quantitative estimate of drug-likeness (QED) is 0.0594. The number of carbonyl (C=O) groups excluding carboxylic acids is 11. The van der Waals surface area contributed by atoms with Crippen molar-refractivity contribution in [2.45, 2.75) is 210 Å². The normalized spacial score (nSPS) is 15.7. The molecule has 1 unspecified atom stereocenters. The van der Waals surface area contributed by atoms with Crippen LogP contribution in [0.1, 0.15) is 148 Å². The van der Waals surface area contributed by atoms with Crippen molar-refractivity contribution in [3.8, 4) is 0 Å². The van der Waals surface area contributed by atoms with Crippen LogP contribution in [0.4, 0.5) is 0 Å². The van der Waals surface area contributed by atoms with Gasteiger partial charge in [0.25, 0.3) is 0 Å². The summed E-state index contributed by atoms with van der Waals surface area (Å²) in [6.07, 6.45) is 3.09. The van der Waals surface area contributed by atoms with Gasteiger partial charge in [0.05, 0.1) is 12.6 Å². The van der Waals surface area contributed by atoms with Gasteiger partial charge in [0.2, 0.25) is 65.0 Å². The summed E-state index contributed by atoms with van der Waals surface area (Å²) in [6.45, 7) is 28.1. The molecule has 0 saturated heterocycles. The Kier molecular flexibility index (Phi) is 33.6. The third kappa shape index (κ3) is 23.4. The van der Waals surface area contributed by atoms with E-state index in [-0.39, 0.29) is 67.6 Å². The maximum atomic E-state index is 15.2. The number of nitrogens with zero attached hydrogens (tertiary/aromatic N) is 7. The van der Waals surface area contributed by atoms with Crippen LogP contribution in [0, 0.1) is 41.4 Å². The highest BCUT2D eigenvalue weighted by Gasteiger charge is 2.45. The van der Waals surface area contributed by atoms with Crippen LogP contribution in [-0.4, -0.2) is 221 Å². The lowest BCUT2D eigenvalue weighted by atomic mass is 9.91. The van der Waals surface area contributed by atoms with Gasteiger partial charge in [-0.05, 0) is 93.9 Å². The van der Waals surface area contributed by atoms with Crippen molar-refractivity contribution >= 4 is 65.0 Å². The predicted molar refractivity (Wildman–Crippen MR) is 346 cm³/mol. The van der Waals surface area contributed by atoms with Crippen LogP contribution in [0.25, 0.3) is 0 Å². The van der Waals surface area contributed by atoms with Crippen LogP contribution in [0.2, 0.25) is 0 Å². The number of aliphatic hydroxyl groups is 1. The fourth-order valence-corrected chi connectivity index (χ4v) is 10.6. The van der Waals surface area contributed by atoms with E-state index in [1.807, 2.05) is 61.5 Å². The Morgan fingerprint density at radius 3 is 1.46 bits per heavy atom. The number of hydrogen-bond acceptors (Lipinski definition) is 12. The summed E-state index contributed by atoms with van der Waals surface area (Å²) in [7, 11) is 10.0. The van der Waals surface area contributed by atoms with Crippen LogP contribution in [0.5, 0.6) is 0 Å². The number of nitrogens with two attached hydrogens (primary N) is 1. The second-order valence-electron chi connectivity index (χ2n) is 26.3. The van der Waals surface area contributed by atoms with Crippen LogP contribution in [0.3, 0.4) is 0 Å². The Morgan fingerprint density at radius 1 is 0.517 bits per heavy atom. The number of aliphatic hydroxyl groups excluding tert-OH is 1. The van der Waals surface area contributed by atoms with Crippen molar-refractivity contribution < 1.29 is 57.8 Å². The average Bonchev–Trinajstić information content (AvgIpc) is 0.966. The van der Waals surface area contributed by atoms with Crippen molar-refractivity contribution in [1.29, 1.82) is 0 Å². The SMILES string of the molecule is C/C=C\C[C@@H](C)[C@H](O)C(C(=O)N[C@H](CC)C(=O)N(C)CC(=O)N(C)[C@@H](Cc1ccccc1)C(N)=O)N(C)C(=O)[C@@H](C(C)C)N(C)C(=O)[C@@H](CC(C)C)N(C)C(=O)[C@H](CC(C)C)N(C)C(=O)[C@H](C)NC(=O)[C@@H](CC(C)C)NC(=O)[C@H](C)N(C)C(=O)[C@H](C)C(C)C. The number of hydrogen-bond donors (Lipinski definition) is 5. The van der Waals surface area contributed by atoms with E-state index in [1.165, 1.54) is 73.7 Å². The molecule has 0 radical (unpaired) electrons. The first-order valence-electron chi connectivity index (χ1n) is 31.6. The second kappa shape index (κ2) is 37.3. The Balaban J connectivity index is 3.66. The Labute approximate surface area is 532 Å². The molecule has 1 aromatic rings. The molecule has 0 saturated carbocycles. The van der Waals surface area contributed by atoms with Crippen LogP contribution in [0.15, 0.2) is 42.5 Å². The number of nitrogens with one attached hydrogen (secondary N) is 3. The highest BCUT2D eigenvalue weighted by Crippen LogP contribution is 2.25. The van der Waals surface area contributed by atoms with Gasteiger partial charge in [-0.2, -0.15) is 0 Å². The Morgan fingerprint density at radius 2 is 1.00 bits per heavy atom. The molecule has 6 N–H and O–H groups in total. The van der Waals surface area contributed by atoms with E-state index in [0.717, 1.165) is 15.4 Å². The molecule has 0 aromatic heterocycles. The maximum absolute atomic E-state index is 15.2. The van der Waals surface area contributed by atoms with Crippen molar-refractivity contribution in [2.24, 2.45) is 47.2 Å². The molecule has 0 aliphatic rings. The Bertz CT molecular complexity index is 2560. The summed E-state index contributed by atoms with van der Waals surface area (Å²) in [5.41, 5.74) is 6.50. The highest BCUT2D eigenvalue weighted by atomic mass is 16.3. The number of allylic oxidation sites excluding steroid dienone is 2. The van der Waals surface area contributed by atoms with Crippen LogP contribution < -0.4 is 21.7 Å². The van der Waals surface area contributed by atoms with Gasteiger partial charge in [-0.3, -0.25) is 52.7 Å². The zero-order valence-electron chi connectivity index (χ0n) is 58.0. The summed E-state index contributed by atoms with van der Waals surface area (Å²) in [5, 5.41) is 20.3. The third-order valence-corrected chi connectivity index (χ3v) is 16.9. The molecule has 0 aliphatic heterocycles. The zero-order chi connectivity index (χ0) is 68.8. The minimum Gasteiger partial charge on any atom is -0.390 e. The van der Waals surface area contributed by atoms with Gasteiger partial charge in [-0.25, -0.2) is 0 Å². The smallest absolute Gasteiger partial charge is 0.246 e. The minimum atomic E-state index is -1.61. The number of carbonyl (C=O) groups is 11. The molecule has 504 valence electrons. The molecular weight excluding hydrogens is 1140 g/mol. The van der Waals surface area contributed by atoms with Gasteiger partial charge in [0, 0.05) is 61.7 Å². The molecule has 0 spiro atoms. The molecule has 1 aromatic carbocycles. The molecule has 0 heterocycles. The Hall–Kier alpha value is -6.91. The first kappa shape index (κ1) is 80.1. The molecule has 23 nitrogen and oxygen atoms in total. The molecule has 12 atom stereocenters. The standard InChI is InChI=1S/C66H113N11O12/c1-24-26-30-43(13)56(79)55(60(83)69-48(25-2)63(86)71(17)37-53(78)73(19)50(57(67)80)36-47-31-28-27-29-32-47)77(23)66(89)54(42(11)12)76(22)65(88)52(35-40(7)8)75(21)64(87)51(34-39(5)6)74(20)62(85)45(15)68-59(82)49(33-38(3)4)70-58(81)46(16)72(18)61(84)44(14)41(9)10/h24,26-29,31-32,38-46,48-52,54-56,79H,25,30,33-37H2,1-23H3,(H2,67,80)(H,68,82)(H,69,83)(H,70,81)/b26-24-/t43-,44-,45+,46+,48-,49-,50+,51+,52-,54-,55?,56+/m1/s1. The number of primary amides is 1. The molecule has 0 aliphatic carbocycles. The van der Waals surface area contributed by atoms with E-state index in [2.05, 4.69) is 16.0 Å². The van der Waals surface area contributed by atoms with Crippen molar-refractivity contribution in [3.63, 3.8) is 0 Å².